The summed E-state index contributed by atoms with van der Waals surface area (Å²) < 4.78 is 5.51. The number of thioether (sulfide) groups is 1. The highest BCUT2D eigenvalue weighted by molar-refractivity contribution is 7.99. The molecule has 4 rings (SSSR count). The van der Waals surface area contributed by atoms with Crippen LogP contribution in [-0.4, -0.2) is 47.7 Å². The molecule has 0 saturated heterocycles. The number of alkyl carbamates (subject to hydrolysis) is 1. The Morgan fingerprint density at radius 3 is 2.31 bits per heavy atom. The number of aliphatic carboxylic acids is 1. The summed E-state index contributed by atoms with van der Waals surface area (Å²) in [5, 5.41) is 16.5. The van der Waals surface area contributed by atoms with E-state index in [-0.39, 0.29) is 30.6 Å². The second-order valence-corrected chi connectivity index (χ2v) is 10.1. The van der Waals surface area contributed by atoms with Gasteiger partial charge in [-0.1, -0.05) is 54.6 Å². The van der Waals surface area contributed by atoms with Crippen molar-refractivity contribution < 1.29 is 24.2 Å². The Bertz CT molecular complexity index is 1140. The van der Waals surface area contributed by atoms with E-state index in [0.717, 1.165) is 16.0 Å². The van der Waals surface area contributed by atoms with Gasteiger partial charge in [-0.05, 0) is 33.7 Å². The number of nitrogens with one attached hydrogen (secondary N) is 2. The molecule has 0 radical (unpaired) electrons. The quantitative estimate of drug-likeness (QED) is 0.324. The molecule has 0 spiro atoms. The van der Waals surface area contributed by atoms with Crippen molar-refractivity contribution in [3.63, 3.8) is 0 Å². The van der Waals surface area contributed by atoms with E-state index in [2.05, 4.69) is 34.9 Å². The van der Waals surface area contributed by atoms with Crippen molar-refractivity contribution in [2.24, 2.45) is 0 Å². The van der Waals surface area contributed by atoms with E-state index in [1.54, 1.807) is 0 Å². The molecule has 1 aliphatic carbocycles. The molecule has 35 heavy (non-hydrogen) atoms. The Morgan fingerprint density at radius 1 is 1.00 bits per heavy atom. The van der Waals surface area contributed by atoms with Gasteiger partial charge in [-0.2, -0.15) is 11.8 Å². The topological polar surface area (TPSA) is 105 Å². The van der Waals surface area contributed by atoms with Crippen molar-refractivity contribution in [3.05, 3.63) is 82.0 Å². The number of rotatable bonds is 11. The molecule has 7 nitrogen and oxygen atoms in total. The molecular formula is C26H26N2O5S2. The maximum absolute atomic E-state index is 12.2. The molecule has 3 aromatic rings. The lowest BCUT2D eigenvalue weighted by molar-refractivity contribution is -0.137. The molecule has 0 fully saturated rings. The first-order valence-electron chi connectivity index (χ1n) is 11.2. The van der Waals surface area contributed by atoms with Crippen LogP contribution in [0.3, 0.4) is 0 Å². The Balaban J connectivity index is 1.17. The van der Waals surface area contributed by atoms with Crippen molar-refractivity contribution >= 4 is 41.1 Å². The molecule has 2 amide bonds. The summed E-state index contributed by atoms with van der Waals surface area (Å²) in [6, 6.07) is 19.4. The van der Waals surface area contributed by atoms with Gasteiger partial charge in [0.1, 0.15) is 6.61 Å². The van der Waals surface area contributed by atoms with Crippen LogP contribution in [0.1, 0.15) is 34.4 Å². The first-order chi connectivity index (χ1) is 17.0. The van der Waals surface area contributed by atoms with Gasteiger partial charge in [0.25, 0.3) is 0 Å². The molecular weight excluding hydrogens is 484 g/mol. The summed E-state index contributed by atoms with van der Waals surface area (Å²) in [6.45, 7) is 0.612. The highest BCUT2D eigenvalue weighted by atomic mass is 32.2. The van der Waals surface area contributed by atoms with Crippen molar-refractivity contribution in [1.82, 2.24) is 10.6 Å². The number of fused-ring (bicyclic) bond motifs is 3. The van der Waals surface area contributed by atoms with Crippen LogP contribution in [0, 0.1) is 0 Å². The zero-order valence-corrected chi connectivity index (χ0v) is 20.6. The van der Waals surface area contributed by atoms with E-state index >= 15 is 0 Å². The molecule has 9 heteroatoms. The van der Waals surface area contributed by atoms with Crippen LogP contribution in [0.5, 0.6) is 0 Å². The number of carboxylic acid groups (broad SMARTS) is 1. The van der Waals surface area contributed by atoms with Crippen LogP contribution in [0.2, 0.25) is 0 Å². The number of benzene rings is 2. The fourth-order valence-electron chi connectivity index (χ4n) is 4.16. The minimum atomic E-state index is -0.969. The molecule has 1 atom stereocenters. The van der Waals surface area contributed by atoms with Crippen molar-refractivity contribution in [2.75, 3.05) is 24.7 Å². The van der Waals surface area contributed by atoms with E-state index in [1.165, 1.54) is 34.2 Å². The summed E-state index contributed by atoms with van der Waals surface area (Å²) in [5.74, 6) is -0.499. The van der Waals surface area contributed by atoms with Crippen molar-refractivity contribution in [3.8, 4) is 11.1 Å². The van der Waals surface area contributed by atoms with Gasteiger partial charge in [-0.25, -0.2) is 4.79 Å². The molecule has 182 valence electrons. The standard InChI is InChI=1S/C26H26N2O5S2/c29-24(28-22(14-25(30)31)23-10-5-12-35-23)16-34-13-11-27-26(32)33-15-21-19-8-3-1-6-17(19)18-7-2-4-9-20(18)21/h1-10,12,21-22H,11,13-16H2,(H,27,32)(H,28,29)(H,30,31). The Kier molecular flexibility index (Phi) is 8.44. The van der Waals surface area contributed by atoms with Gasteiger partial charge >= 0.3 is 12.1 Å². The van der Waals surface area contributed by atoms with Crippen LogP contribution in [0.15, 0.2) is 66.0 Å². The van der Waals surface area contributed by atoms with Gasteiger partial charge in [0.15, 0.2) is 0 Å². The third-order valence-electron chi connectivity index (χ3n) is 5.69. The summed E-state index contributed by atoms with van der Waals surface area (Å²) in [6.07, 6.45) is -0.656. The summed E-state index contributed by atoms with van der Waals surface area (Å²) >= 11 is 2.77. The molecule has 1 aromatic heterocycles. The molecule has 0 aliphatic heterocycles. The number of carbonyl (C=O) groups excluding carboxylic acids is 2. The number of hydrogen-bond acceptors (Lipinski definition) is 6. The van der Waals surface area contributed by atoms with Gasteiger partial charge in [0.05, 0.1) is 18.2 Å². The number of hydrogen-bond donors (Lipinski definition) is 3. The minimum Gasteiger partial charge on any atom is -0.481 e. The Labute approximate surface area is 211 Å². The first kappa shape index (κ1) is 24.8. The van der Waals surface area contributed by atoms with Gasteiger partial charge in [0, 0.05) is 23.1 Å². The number of carbonyl (C=O) groups is 3. The van der Waals surface area contributed by atoms with Gasteiger partial charge < -0.3 is 20.5 Å². The maximum Gasteiger partial charge on any atom is 0.407 e. The first-order valence-corrected chi connectivity index (χ1v) is 13.3. The predicted octanol–water partition coefficient (Wildman–Crippen LogP) is 4.65. The SMILES string of the molecule is O=C(O)CC(NC(=O)CSCCNC(=O)OCC1c2ccccc2-c2ccccc21)c1cccs1. The van der Waals surface area contributed by atoms with E-state index < -0.39 is 18.1 Å². The third-order valence-corrected chi connectivity index (χ3v) is 7.64. The lowest BCUT2D eigenvalue weighted by Gasteiger charge is -2.15. The lowest BCUT2D eigenvalue weighted by atomic mass is 9.98. The number of carboxylic acids is 1. The van der Waals surface area contributed by atoms with Gasteiger partial charge in [0.2, 0.25) is 5.91 Å². The van der Waals surface area contributed by atoms with Crippen LogP contribution in [-0.2, 0) is 14.3 Å². The Hall–Kier alpha value is -3.30. The molecule has 3 N–H and O–H groups in total. The second-order valence-electron chi connectivity index (χ2n) is 8.04. The molecule has 1 aliphatic rings. The molecule has 1 heterocycles. The van der Waals surface area contributed by atoms with E-state index in [0.29, 0.717) is 12.3 Å². The average Bonchev–Trinajstić information content (AvgIpc) is 3.49. The third kappa shape index (κ3) is 6.43. The highest BCUT2D eigenvalue weighted by Crippen LogP contribution is 2.44. The van der Waals surface area contributed by atoms with E-state index in [9.17, 15) is 14.4 Å². The number of amides is 2. The number of ether oxygens (including phenoxy) is 1. The molecule has 0 bridgehead atoms. The molecule has 2 aromatic carbocycles. The zero-order chi connectivity index (χ0) is 24.6. The van der Waals surface area contributed by atoms with Crippen LogP contribution >= 0.6 is 23.1 Å². The summed E-state index contributed by atoms with van der Waals surface area (Å²) in [5.41, 5.74) is 4.67. The number of thiophene rings is 1. The Morgan fingerprint density at radius 2 is 1.69 bits per heavy atom. The second kappa shape index (κ2) is 11.9. The maximum atomic E-state index is 12.2. The summed E-state index contributed by atoms with van der Waals surface area (Å²) in [7, 11) is 0. The van der Waals surface area contributed by atoms with E-state index in [1.807, 2.05) is 41.8 Å². The highest BCUT2D eigenvalue weighted by Gasteiger charge is 2.29. The zero-order valence-electron chi connectivity index (χ0n) is 18.9. The minimum absolute atomic E-state index is 0.00770. The predicted molar refractivity (Wildman–Crippen MR) is 138 cm³/mol. The molecule has 0 saturated carbocycles. The van der Waals surface area contributed by atoms with Crippen LogP contribution < -0.4 is 10.6 Å². The fraction of sp³-hybridized carbons (Fsp3) is 0.269. The van der Waals surface area contributed by atoms with E-state index in [4.69, 9.17) is 9.84 Å². The largest absolute Gasteiger partial charge is 0.481 e. The fourth-order valence-corrected chi connectivity index (χ4v) is 5.60. The smallest absolute Gasteiger partial charge is 0.407 e. The molecule has 1 unspecified atom stereocenters. The van der Waals surface area contributed by atoms with Crippen molar-refractivity contribution in [2.45, 2.75) is 18.4 Å². The van der Waals surface area contributed by atoms with Crippen LogP contribution in [0.25, 0.3) is 11.1 Å². The average molecular weight is 511 g/mol. The van der Waals surface area contributed by atoms with Gasteiger partial charge in [-0.3, -0.25) is 9.59 Å². The monoisotopic (exact) mass is 510 g/mol. The van der Waals surface area contributed by atoms with Gasteiger partial charge in [-0.15, -0.1) is 11.3 Å². The summed E-state index contributed by atoms with van der Waals surface area (Å²) in [4.78, 5) is 36.4. The normalized spacial score (nSPS) is 12.9. The lowest BCUT2D eigenvalue weighted by Crippen LogP contribution is -2.32. The van der Waals surface area contributed by atoms with Crippen LogP contribution in [0.4, 0.5) is 4.79 Å². The van der Waals surface area contributed by atoms with Crippen molar-refractivity contribution in [1.29, 1.82) is 0 Å².